The first-order valence-electron chi connectivity index (χ1n) is 6.95. The monoisotopic (exact) mass is 349 g/mol. The minimum absolute atomic E-state index is 0.773. The Labute approximate surface area is 134 Å². The quantitative estimate of drug-likeness (QED) is 0.821. The van der Waals surface area contributed by atoms with E-state index in [0.717, 1.165) is 34.8 Å². The van der Waals surface area contributed by atoms with Crippen molar-refractivity contribution in [2.24, 2.45) is 0 Å². The van der Waals surface area contributed by atoms with Gasteiger partial charge in [-0.2, -0.15) is 0 Å². The summed E-state index contributed by atoms with van der Waals surface area (Å²) in [6.45, 7) is 6.06. The first kappa shape index (κ1) is 15.9. The number of hydrogen-bond acceptors (Lipinski definition) is 3. The molecule has 2 rings (SSSR count). The molecule has 0 amide bonds. The summed E-state index contributed by atoms with van der Waals surface area (Å²) < 4.78 is 12.0. The number of hydrogen-bond donors (Lipinski definition) is 1. The topological polar surface area (TPSA) is 30.5 Å². The number of aryl methyl sites for hydroxylation is 1. The molecular weight excluding hydrogens is 330 g/mol. The van der Waals surface area contributed by atoms with Gasteiger partial charge in [-0.1, -0.05) is 13.0 Å². The Morgan fingerprint density at radius 3 is 2.48 bits per heavy atom. The highest BCUT2D eigenvalue weighted by atomic mass is 79.9. The lowest BCUT2D eigenvalue weighted by molar-refractivity contribution is 0.412. The lowest BCUT2D eigenvalue weighted by atomic mass is 10.1. The van der Waals surface area contributed by atoms with Crippen molar-refractivity contribution in [2.75, 3.05) is 13.7 Å². The summed E-state index contributed by atoms with van der Waals surface area (Å²) in [4.78, 5) is 0. The summed E-state index contributed by atoms with van der Waals surface area (Å²) >= 11 is 3.50. The van der Waals surface area contributed by atoms with Gasteiger partial charge in [-0.25, -0.2) is 0 Å². The normalized spacial score (nSPS) is 10.5. The second kappa shape index (κ2) is 7.48. The van der Waals surface area contributed by atoms with E-state index in [1.54, 1.807) is 7.11 Å². The summed E-state index contributed by atoms with van der Waals surface area (Å²) in [5.74, 6) is 2.40. The zero-order chi connectivity index (χ0) is 15.2. The van der Waals surface area contributed by atoms with E-state index in [4.69, 9.17) is 9.47 Å². The van der Waals surface area contributed by atoms with Gasteiger partial charge < -0.3 is 14.8 Å². The number of ether oxygens (including phenoxy) is 2. The van der Waals surface area contributed by atoms with Crippen molar-refractivity contribution >= 4 is 15.9 Å². The van der Waals surface area contributed by atoms with Crippen molar-refractivity contribution < 1.29 is 9.47 Å². The standard InChI is InChI=1S/C17H20BrNO2/c1-4-19-11-13-5-6-15(9-12(13)2)21-17-8-7-14(20-3)10-16(17)18/h5-10,19H,4,11H2,1-3H3. The molecule has 21 heavy (non-hydrogen) atoms. The molecule has 1 N–H and O–H groups in total. The molecule has 0 fully saturated rings. The molecule has 2 aromatic rings. The summed E-state index contributed by atoms with van der Waals surface area (Å²) in [6, 6.07) is 11.8. The molecule has 0 saturated heterocycles. The fraction of sp³-hybridized carbons (Fsp3) is 0.294. The van der Waals surface area contributed by atoms with E-state index < -0.39 is 0 Å². The highest BCUT2D eigenvalue weighted by Gasteiger charge is 2.06. The van der Waals surface area contributed by atoms with Crippen LogP contribution in [-0.4, -0.2) is 13.7 Å². The first-order chi connectivity index (χ1) is 10.1. The van der Waals surface area contributed by atoms with Gasteiger partial charge in [0.15, 0.2) is 0 Å². The molecule has 112 valence electrons. The van der Waals surface area contributed by atoms with Crippen LogP contribution in [0, 0.1) is 6.92 Å². The number of nitrogens with one attached hydrogen (secondary N) is 1. The van der Waals surface area contributed by atoms with Crippen molar-refractivity contribution in [3.8, 4) is 17.2 Å². The molecule has 0 aromatic heterocycles. The second-order valence-electron chi connectivity index (χ2n) is 4.77. The third-order valence-electron chi connectivity index (χ3n) is 3.25. The molecule has 0 unspecified atom stereocenters. The Morgan fingerprint density at radius 2 is 1.86 bits per heavy atom. The van der Waals surface area contributed by atoms with Crippen LogP contribution in [0.15, 0.2) is 40.9 Å². The van der Waals surface area contributed by atoms with Gasteiger partial charge >= 0.3 is 0 Å². The zero-order valence-electron chi connectivity index (χ0n) is 12.6. The first-order valence-corrected chi connectivity index (χ1v) is 7.75. The van der Waals surface area contributed by atoms with Crippen molar-refractivity contribution in [3.05, 3.63) is 52.0 Å². The van der Waals surface area contributed by atoms with E-state index in [0.29, 0.717) is 0 Å². The summed E-state index contributed by atoms with van der Waals surface area (Å²) in [7, 11) is 1.65. The number of rotatable bonds is 6. The van der Waals surface area contributed by atoms with Crippen molar-refractivity contribution in [2.45, 2.75) is 20.4 Å². The molecule has 0 aliphatic carbocycles. The molecule has 3 nitrogen and oxygen atoms in total. The molecule has 0 radical (unpaired) electrons. The van der Waals surface area contributed by atoms with E-state index in [1.807, 2.05) is 24.3 Å². The third kappa shape index (κ3) is 4.22. The molecule has 0 aliphatic rings. The minimum Gasteiger partial charge on any atom is -0.497 e. The zero-order valence-corrected chi connectivity index (χ0v) is 14.2. The summed E-state index contributed by atoms with van der Waals surface area (Å²) in [5.41, 5.74) is 2.51. The summed E-state index contributed by atoms with van der Waals surface area (Å²) in [5, 5.41) is 3.33. The van der Waals surface area contributed by atoms with Crippen molar-refractivity contribution in [1.82, 2.24) is 5.32 Å². The third-order valence-corrected chi connectivity index (χ3v) is 3.87. The van der Waals surface area contributed by atoms with Crippen LogP contribution in [0.5, 0.6) is 17.2 Å². The van der Waals surface area contributed by atoms with Gasteiger partial charge in [-0.3, -0.25) is 0 Å². The maximum atomic E-state index is 5.93. The average Bonchev–Trinajstić information content (AvgIpc) is 2.48. The van der Waals surface area contributed by atoms with Crippen LogP contribution in [0.3, 0.4) is 0 Å². The molecule has 0 aliphatic heterocycles. The lowest BCUT2D eigenvalue weighted by Gasteiger charge is -2.12. The van der Waals surface area contributed by atoms with Crippen LogP contribution in [0.2, 0.25) is 0 Å². The molecule has 2 aromatic carbocycles. The number of halogens is 1. The SMILES string of the molecule is CCNCc1ccc(Oc2ccc(OC)cc2Br)cc1C. The minimum atomic E-state index is 0.773. The Kier molecular flexibility index (Phi) is 5.65. The molecule has 0 bridgehead atoms. The summed E-state index contributed by atoms with van der Waals surface area (Å²) in [6.07, 6.45) is 0. The van der Waals surface area contributed by atoms with Crippen LogP contribution < -0.4 is 14.8 Å². The van der Waals surface area contributed by atoms with E-state index >= 15 is 0 Å². The smallest absolute Gasteiger partial charge is 0.141 e. The molecule has 0 heterocycles. The van der Waals surface area contributed by atoms with E-state index in [9.17, 15) is 0 Å². The largest absolute Gasteiger partial charge is 0.497 e. The predicted molar refractivity (Wildman–Crippen MR) is 89.3 cm³/mol. The van der Waals surface area contributed by atoms with Gasteiger partial charge in [0, 0.05) is 6.54 Å². The van der Waals surface area contributed by atoms with E-state index in [1.165, 1.54) is 11.1 Å². The van der Waals surface area contributed by atoms with Crippen LogP contribution in [-0.2, 0) is 6.54 Å². The molecule has 0 atom stereocenters. The van der Waals surface area contributed by atoms with Gasteiger partial charge in [0.2, 0.25) is 0 Å². The molecule has 4 heteroatoms. The average molecular weight is 350 g/mol. The van der Waals surface area contributed by atoms with Gasteiger partial charge in [0.25, 0.3) is 0 Å². The van der Waals surface area contributed by atoms with Crippen LogP contribution in [0.4, 0.5) is 0 Å². The predicted octanol–water partition coefficient (Wildman–Crippen LogP) is 4.67. The van der Waals surface area contributed by atoms with E-state index in [2.05, 4.69) is 47.2 Å². The van der Waals surface area contributed by atoms with Crippen LogP contribution in [0.25, 0.3) is 0 Å². The van der Waals surface area contributed by atoms with Gasteiger partial charge in [-0.05, 0) is 70.9 Å². The van der Waals surface area contributed by atoms with Crippen molar-refractivity contribution in [1.29, 1.82) is 0 Å². The molecule has 0 saturated carbocycles. The molecule has 0 spiro atoms. The van der Waals surface area contributed by atoms with Crippen LogP contribution >= 0.6 is 15.9 Å². The fourth-order valence-corrected chi connectivity index (χ4v) is 2.45. The van der Waals surface area contributed by atoms with Crippen molar-refractivity contribution in [3.63, 3.8) is 0 Å². The Balaban J connectivity index is 2.14. The Morgan fingerprint density at radius 1 is 1.10 bits per heavy atom. The Hall–Kier alpha value is -1.52. The van der Waals surface area contributed by atoms with Crippen LogP contribution in [0.1, 0.15) is 18.1 Å². The van der Waals surface area contributed by atoms with E-state index in [-0.39, 0.29) is 0 Å². The van der Waals surface area contributed by atoms with Gasteiger partial charge in [0.05, 0.1) is 11.6 Å². The second-order valence-corrected chi connectivity index (χ2v) is 5.62. The number of benzene rings is 2. The lowest BCUT2D eigenvalue weighted by Crippen LogP contribution is -2.12. The maximum Gasteiger partial charge on any atom is 0.141 e. The highest BCUT2D eigenvalue weighted by Crippen LogP contribution is 2.33. The van der Waals surface area contributed by atoms with Gasteiger partial charge in [0.1, 0.15) is 17.2 Å². The molecular formula is C17H20BrNO2. The highest BCUT2D eigenvalue weighted by molar-refractivity contribution is 9.10. The Bertz CT molecular complexity index is 614. The fourth-order valence-electron chi connectivity index (χ4n) is 2.01. The number of methoxy groups -OCH3 is 1. The maximum absolute atomic E-state index is 5.93. The van der Waals surface area contributed by atoms with Gasteiger partial charge in [-0.15, -0.1) is 0 Å².